The van der Waals surface area contributed by atoms with Crippen LogP contribution in [0.1, 0.15) is 6.42 Å². The molecule has 6 nitrogen and oxygen atoms in total. The van der Waals surface area contributed by atoms with E-state index in [9.17, 15) is 17.6 Å². The molecule has 144 valence electrons. The molecule has 0 saturated carbocycles. The Labute approximate surface area is 162 Å². The first-order chi connectivity index (χ1) is 13.4. The molecule has 0 bridgehead atoms. The van der Waals surface area contributed by atoms with E-state index in [4.69, 9.17) is 0 Å². The van der Waals surface area contributed by atoms with Crippen LogP contribution in [0.4, 0.5) is 10.1 Å². The number of carbonyl (C=O) groups is 1. The normalized spacial score (nSPS) is 17.6. The molecule has 3 aromatic rings. The van der Waals surface area contributed by atoms with E-state index in [1.54, 1.807) is 36.5 Å². The molecule has 1 amide bonds. The third kappa shape index (κ3) is 2.94. The van der Waals surface area contributed by atoms with Crippen LogP contribution in [0.5, 0.6) is 0 Å². The molecule has 4 rings (SSSR count). The van der Waals surface area contributed by atoms with Gasteiger partial charge in [-0.15, -0.1) is 0 Å². The molecule has 1 atom stereocenters. The van der Waals surface area contributed by atoms with Gasteiger partial charge in [-0.05, 0) is 30.7 Å². The molecule has 28 heavy (non-hydrogen) atoms. The van der Waals surface area contributed by atoms with E-state index in [2.05, 4.69) is 4.98 Å². The Morgan fingerprint density at radius 1 is 1.14 bits per heavy atom. The van der Waals surface area contributed by atoms with Gasteiger partial charge in [0.25, 0.3) is 0 Å². The van der Waals surface area contributed by atoms with Crippen molar-refractivity contribution in [3.8, 4) is 0 Å². The first-order valence-corrected chi connectivity index (χ1v) is 10.2. The van der Waals surface area contributed by atoms with Gasteiger partial charge in [-0.1, -0.05) is 24.3 Å². The maximum absolute atomic E-state index is 14.1. The molecule has 2 aromatic carbocycles. The summed E-state index contributed by atoms with van der Waals surface area (Å²) in [6.45, 7) is 0.254. The number of anilines is 1. The predicted octanol–water partition coefficient (Wildman–Crippen LogP) is 2.80. The number of aromatic nitrogens is 1. The Morgan fingerprint density at radius 3 is 2.71 bits per heavy atom. The first-order valence-electron chi connectivity index (χ1n) is 8.78. The third-order valence-corrected chi connectivity index (χ3v) is 6.98. The van der Waals surface area contributed by atoms with Crippen LogP contribution in [0.3, 0.4) is 0 Å². The lowest BCUT2D eigenvalue weighted by atomic mass is 10.2. The Hall–Kier alpha value is -2.84. The minimum absolute atomic E-state index is 0.118. The van der Waals surface area contributed by atoms with E-state index >= 15 is 0 Å². The molecular weight excluding hydrogens is 381 g/mol. The Balaban J connectivity index is 1.68. The van der Waals surface area contributed by atoms with Crippen LogP contribution in [0.15, 0.2) is 65.8 Å². The van der Waals surface area contributed by atoms with Crippen molar-refractivity contribution < 1.29 is 17.6 Å². The number of carbonyl (C=O) groups excluding carboxylic acids is 1. The molecule has 1 aromatic heterocycles. The zero-order chi connectivity index (χ0) is 19.9. The molecule has 1 aliphatic rings. The van der Waals surface area contributed by atoms with Gasteiger partial charge in [-0.2, -0.15) is 4.31 Å². The van der Waals surface area contributed by atoms with E-state index in [0.717, 1.165) is 4.31 Å². The van der Waals surface area contributed by atoms with Gasteiger partial charge >= 0.3 is 0 Å². The number of benzene rings is 2. The SMILES string of the molecule is CN([C@H]1CCN(c2ccccc2F)C1=O)S(=O)(=O)c1cccc2cnccc12. The summed E-state index contributed by atoms with van der Waals surface area (Å²) in [4.78, 5) is 18.3. The van der Waals surface area contributed by atoms with Crippen LogP contribution in [-0.4, -0.2) is 43.2 Å². The molecule has 1 saturated heterocycles. The summed E-state index contributed by atoms with van der Waals surface area (Å²) in [5.41, 5.74) is 0.164. The molecule has 0 aliphatic carbocycles. The lowest BCUT2D eigenvalue weighted by Gasteiger charge is -2.24. The number of amides is 1. The molecule has 1 aliphatic heterocycles. The largest absolute Gasteiger partial charge is 0.308 e. The number of hydrogen-bond acceptors (Lipinski definition) is 4. The fraction of sp³-hybridized carbons (Fsp3) is 0.200. The van der Waals surface area contributed by atoms with Gasteiger partial charge in [0.15, 0.2) is 0 Å². The van der Waals surface area contributed by atoms with Crippen LogP contribution in [0, 0.1) is 5.82 Å². The zero-order valence-corrected chi connectivity index (χ0v) is 15.9. The third-order valence-electron chi connectivity index (χ3n) is 5.06. The lowest BCUT2D eigenvalue weighted by Crippen LogP contribution is -2.43. The standard InChI is InChI=1S/C20H18FN3O3S/c1-23(18-10-12-24(20(18)25)17-7-3-2-6-16(17)21)28(26,27)19-8-4-5-14-13-22-11-9-15(14)19/h2-9,11,13,18H,10,12H2,1H3/t18-/m0/s1. The highest BCUT2D eigenvalue weighted by Crippen LogP contribution is 2.30. The van der Waals surface area contributed by atoms with Gasteiger partial charge in [0.1, 0.15) is 11.9 Å². The summed E-state index contributed by atoms with van der Waals surface area (Å²) in [6, 6.07) is 11.7. The Bertz CT molecular complexity index is 1160. The number of nitrogens with zero attached hydrogens (tertiary/aromatic N) is 3. The molecule has 0 N–H and O–H groups in total. The fourth-order valence-corrected chi connectivity index (χ4v) is 5.11. The van der Waals surface area contributed by atoms with Gasteiger partial charge in [0, 0.05) is 36.8 Å². The molecule has 2 heterocycles. The van der Waals surface area contributed by atoms with Crippen molar-refractivity contribution in [1.82, 2.24) is 9.29 Å². The van der Waals surface area contributed by atoms with E-state index in [1.165, 1.54) is 36.3 Å². The quantitative estimate of drug-likeness (QED) is 0.676. The van der Waals surface area contributed by atoms with Crippen LogP contribution < -0.4 is 4.90 Å². The maximum atomic E-state index is 14.1. The second kappa shape index (κ2) is 6.96. The number of rotatable bonds is 4. The summed E-state index contributed by atoms with van der Waals surface area (Å²) < 4.78 is 41.7. The number of halogens is 1. The summed E-state index contributed by atoms with van der Waals surface area (Å²) >= 11 is 0. The van der Waals surface area contributed by atoms with Crippen LogP contribution in [-0.2, 0) is 14.8 Å². The molecular formula is C20H18FN3O3S. The number of para-hydroxylation sites is 1. The molecule has 8 heteroatoms. The van der Waals surface area contributed by atoms with Crippen LogP contribution in [0.2, 0.25) is 0 Å². The average Bonchev–Trinajstić information content (AvgIpc) is 3.08. The first kappa shape index (κ1) is 18.5. The van der Waals surface area contributed by atoms with E-state index in [-0.39, 0.29) is 23.5 Å². The number of sulfonamides is 1. The van der Waals surface area contributed by atoms with Crippen molar-refractivity contribution in [3.05, 3.63) is 66.7 Å². The summed E-state index contributed by atoms with van der Waals surface area (Å²) in [6.07, 6.45) is 3.41. The van der Waals surface area contributed by atoms with Gasteiger partial charge in [0.05, 0.1) is 10.6 Å². The smallest absolute Gasteiger partial charge is 0.245 e. The highest BCUT2D eigenvalue weighted by Gasteiger charge is 2.41. The van der Waals surface area contributed by atoms with Gasteiger partial charge in [-0.3, -0.25) is 9.78 Å². The van der Waals surface area contributed by atoms with E-state index in [1.807, 2.05) is 0 Å². The number of likely N-dealkylation sites (N-methyl/N-ethyl adjacent to an activating group) is 1. The average molecular weight is 399 g/mol. The van der Waals surface area contributed by atoms with Crippen molar-refractivity contribution in [2.45, 2.75) is 17.4 Å². The summed E-state index contributed by atoms with van der Waals surface area (Å²) in [5.74, 6) is -0.943. The van der Waals surface area contributed by atoms with Crippen molar-refractivity contribution >= 4 is 32.4 Å². The Kier molecular flexibility index (Phi) is 4.60. The second-order valence-corrected chi connectivity index (χ2v) is 8.59. The molecule has 1 fully saturated rings. The monoisotopic (exact) mass is 399 g/mol. The maximum Gasteiger partial charge on any atom is 0.245 e. The van der Waals surface area contributed by atoms with E-state index in [0.29, 0.717) is 10.8 Å². The van der Waals surface area contributed by atoms with Crippen molar-refractivity contribution in [2.75, 3.05) is 18.5 Å². The zero-order valence-electron chi connectivity index (χ0n) is 15.1. The predicted molar refractivity (Wildman–Crippen MR) is 104 cm³/mol. The van der Waals surface area contributed by atoms with E-state index < -0.39 is 27.8 Å². The number of fused-ring (bicyclic) bond motifs is 1. The van der Waals surface area contributed by atoms with Crippen molar-refractivity contribution in [2.24, 2.45) is 0 Å². The molecule has 0 radical (unpaired) electrons. The van der Waals surface area contributed by atoms with Crippen molar-refractivity contribution in [3.63, 3.8) is 0 Å². The molecule has 0 unspecified atom stereocenters. The van der Waals surface area contributed by atoms with Gasteiger partial charge < -0.3 is 4.90 Å². The fourth-order valence-electron chi connectivity index (χ4n) is 3.55. The minimum atomic E-state index is -3.93. The van der Waals surface area contributed by atoms with Gasteiger partial charge in [-0.25, -0.2) is 12.8 Å². The lowest BCUT2D eigenvalue weighted by molar-refractivity contribution is -0.120. The summed E-state index contributed by atoms with van der Waals surface area (Å²) in [7, 11) is -2.54. The number of hydrogen-bond donors (Lipinski definition) is 0. The topological polar surface area (TPSA) is 70.6 Å². The highest BCUT2D eigenvalue weighted by molar-refractivity contribution is 7.89. The molecule has 0 spiro atoms. The van der Waals surface area contributed by atoms with Crippen molar-refractivity contribution in [1.29, 1.82) is 0 Å². The highest BCUT2D eigenvalue weighted by atomic mass is 32.2. The second-order valence-electron chi connectivity index (χ2n) is 6.62. The minimum Gasteiger partial charge on any atom is -0.308 e. The Morgan fingerprint density at radius 2 is 1.93 bits per heavy atom. The number of pyridine rings is 1. The summed E-state index contributed by atoms with van der Waals surface area (Å²) in [5, 5.41) is 1.24. The van der Waals surface area contributed by atoms with Gasteiger partial charge in [0.2, 0.25) is 15.9 Å². The van der Waals surface area contributed by atoms with Crippen LogP contribution in [0.25, 0.3) is 10.8 Å². The van der Waals surface area contributed by atoms with Crippen LogP contribution >= 0.6 is 0 Å².